The molecule has 0 fully saturated rings. The fourth-order valence-corrected chi connectivity index (χ4v) is 4.02. The van der Waals surface area contributed by atoms with Gasteiger partial charge in [-0.25, -0.2) is 8.42 Å². The molecule has 0 heterocycles. The third-order valence-corrected chi connectivity index (χ3v) is 6.18. The van der Waals surface area contributed by atoms with Crippen molar-refractivity contribution in [2.45, 2.75) is 40.2 Å². The lowest BCUT2D eigenvalue weighted by Crippen LogP contribution is -2.40. The van der Waals surface area contributed by atoms with Crippen molar-refractivity contribution in [1.82, 2.24) is 5.32 Å². The number of carbonyl (C=O) groups is 2. The summed E-state index contributed by atoms with van der Waals surface area (Å²) in [6.45, 7) is 9.29. The van der Waals surface area contributed by atoms with Gasteiger partial charge in [-0.3, -0.25) is 13.9 Å². The van der Waals surface area contributed by atoms with Crippen molar-refractivity contribution in [3.8, 4) is 0 Å². The minimum atomic E-state index is -3.39. The van der Waals surface area contributed by atoms with Crippen molar-refractivity contribution >= 4 is 33.2 Å². The zero-order valence-electron chi connectivity index (χ0n) is 18.0. The smallest absolute Gasteiger partial charge is 0.255 e. The van der Waals surface area contributed by atoms with Gasteiger partial charge < -0.3 is 10.6 Å². The first kappa shape index (κ1) is 23.4. The van der Waals surface area contributed by atoms with Gasteiger partial charge in [0.1, 0.15) is 0 Å². The zero-order valence-corrected chi connectivity index (χ0v) is 18.8. The number of hydrogen-bond donors (Lipinski definition) is 2. The van der Waals surface area contributed by atoms with Gasteiger partial charge in [-0.05, 0) is 71.0 Å². The van der Waals surface area contributed by atoms with Crippen LogP contribution < -0.4 is 14.9 Å². The maximum absolute atomic E-state index is 12.7. The first-order valence-electron chi connectivity index (χ1n) is 9.82. The summed E-state index contributed by atoms with van der Waals surface area (Å²) in [4.78, 5) is 25.3. The van der Waals surface area contributed by atoms with E-state index in [2.05, 4.69) is 10.6 Å². The van der Waals surface area contributed by atoms with Crippen molar-refractivity contribution in [2.24, 2.45) is 0 Å². The van der Waals surface area contributed by atoms with Crippen LogP contribution in [0.15, 0.2) is 48.5 Å². The summed E-state index contributed by atoms with van der Waals surface area (Å²) in [5, 5.41) is 5.65. The third kappa shape index (κ3) is 5.82. The molecule has 2 aromatic rings. The van der Waals surface area contributed by atoms with Crippen LogP contribution in [0.2, 0.25) is 0 Å². The van der Waals surface area contributed by atoms with E-state index in [0.29, 0.717) is 29.0 Å². The number of carbonyl (C=O) groups excluding carboxylic acids is 2. The standard InChI is InChI=1S/C22H29N3O4S/c1-6-25(30(28,29)7-2)17-14-12-16(13-15-17)20(26)23-19-11-9-8-10-18(19)21(27)24-22(3,4)5/h8-15H,6-7H2,1-5H3,(H,23,26)(H,24,27). The topological polar surface area (TPSA) is 95.6 Å². The second-order valence-corrected chi connectivity index (χ2v) is 10.00. The first-order chi connectivity index (χ1) is 14.0. The van der Waals surface area contributed by atoms with Gasteiger partial charge in [-0.2, -0.15) is 0 Å². The van der Waals surface area contributed by atoms with Crippen LogP contribution >= 0.6 is 0 Å². The lowest BCUT2D eigenvalue weighted by molar-refractivity contribution is 0.0920. The maximum atomic E-state index is 12.7. The number of hydrogen-bond acceptors (Lipinski definition) is 4. The predicted molar refractivity (Wildman–Crippen MR) is 121 cm³/mol. The highest BCUT2D eigenvalue weighted by molar-refractivity contribution is 7.92. The molecule has 0 aromatic heterocycles. The van der Waals surface area contributed by atoms with E-state index >= 15 is 0 Å². The molecule has 0 spiro atoms. The molecule has 0 bridgehead atoms. The minimum absolute atomic E-state index is 0.00348. The molecule has 0 radical (unpaired) electrons. The minimum Gasteiger partial charge on any atom is -0.347 e. The fraction of sp³-hybridized carbons (Fsp3) is 0.364. The molecule has 0 aliphatic heterocycles. The lowest BCUT2D eigenvalue weighted by atomic mass is 10.1. The number of amides is 2. The van der Waals surface area contributed by atoms with Gasteiger partial charge in [0.15, 0.2) is 0 Å². The van der Waals surface area contributed by atoms with Crippen LogP contribution in [0.25, 0.3) is 0 Å². The number of sulfonamides is 1. The molecular formula is C22H29N3O4S. The fourth-order valence-electron chi connectivity index (χ4n) is 2.87. The van der Waals surface area contributed by atoms with E-state index in [0.717, 1.165) is 0 Å². The maximum Gasteiger partial charge on any atom is 0.255 e. The van der Waals surface area contributed by atoms with Crippen LogP contribution in [0.1, 0.15) is 55.3 Å². The van der Waals surface area contributed by atoms with Crippen molar-refractivity contribution in [3.05, 3.63) is 59.7 Å². The largest absolute Gasteiger partial charge is 0.347 e. The summed E-state index contributed by atoms with van der Waals surface area (Å²) in [6, 6.07) is 13.1. The van der Waals surface area contributed by atoms with Crippen LogP contribution in [0.3, 0.4) is 0 Å². The Balaban J connectivity index is 2.23. The normalized spacial score (nSPS) is 11.6. The van der Waals surface area contributed by atoms with Crippen molar-refractivity contribution in [1.29, 1.82) is 0 Å². The quantitative estimate of drug-likeness (QED) is 0.700. The molecule has 7 nitrogen and oxygen atoms in total. The molecule has 0 atom stereocenters. The number of anilines is 2. The SMILES string of the molecule is CCN(c1ccc(C(=O)Nc2ccccc2C(=O)NC(C)(C)C)cc1)S(=O)(=O)CC. The van der Waals surface area contributed by atoms with Crippen molar-refractivity contribution < 1.29 is 18.0 Å². The Morgan fingerprint density at radius 3 is 2.07 bits per heavy atom. The highest BCUT2D eigenvalue weighted by Gasteiger charge is 2.20. The molecule has 0 unspecified atom stereocenters. The van der Waals surface area contributed by atoms with Gasteiger partial charge in [0.25, 0.3) is 11.8 Å². The summed E-state index contributed by atoms with van der Waals surface area (Å²) >= 11 is 0. The molecule has 8 heteroatoms. The summed E-state index contributed by atoms with van der Waals surface area (Å²) in [5.74, 6) is -0.674. The number of para-hydroxylation sites is 1. The van der Waals surface area contributed by atoms with Gasteiger partial charge in [0.05, 0.1) is 22.7 Å². The molecule has 2 amide bonds. The summed E-state index contributed by atoms with van der Waals surface area (Å²) in [7, 11) is -3.39. The average molecular weight is 432 g/mol. The van der Waals surface area contributed by atoms with Crippen LogP contribution in [0.4, 0.5) is 11.4 Å². The Kier molecular flexibility index (Phi) is 7.25. The van der Waals surface area contributed by atoms with E-state index < -0.39 is 15.6 Å². The molecule has 0 saturated heterocycles. The van der Waals surface area contributed by atoms with E-state index in [-0.39, 0.29) is 17.6 Å². The van der Waals surface area contributed by atoms with E-state index in [1.54, 1.807) is 62.4 Å². The molecule has 162 valence electrons. The van der Waals surface area contributed by atoms with Gasteiger partial charge in [0.2, 0.25) is 10.0 Å². The van der Waals surface area contributed by atoms with Crippen LogP contribution in [0, 0.1) is 0 Å². The Bertz CT molecular complexity index is 1010. The first-order valence-corrected chi connectivity index (χ1v) is 11.4. The predicted octanol–water partition coefficient (Wildman–Crippen LogP) is 3.64. The summed E-state index contributed by atoms with van der Waals surface area (Å²) < 4.78 is 25.7. The monoisotopic (exact) mass is 431 g/mol. The molecule has 0 aliphatic rings. The molecule has 0 aliphatic carbocycles. The molecular weight excluding hydrogens is 402 g/mol. The number of benzene rings is 2. The molecule has 30 heavy (non-hydrogen) atoms. The molecule has 0 saturated carbocycles. The lowest BCUT2D eigenvalue weighted by Gasteiger charge is -2.22. The summed E-state index contributed by atoms with van der Waals surface area (Å²) in [5.41, 5.74) is 1.21. The van der Waals surface area contributed by atoms with Gasteiger partial charge in [-0.15, -0.1) is 0 Å². The molecule has 2 N–H and O–H groups in total. The van der Waals surface area contributed by atoms with Crippen LogP contribution in [-0.2, 0) is 10.0 Å². The molecule has 2 rings (SSSR count). The van der Waals surface area contributed by atoms with E-state index in [9.17, 15) is 18.0 Å². The zero-order chi connectivity index (χ0) is 22.5. The third-order valence-electron chi connectivity index (χ3n) is 4.31. The second kappa shape index (κ2) is 9.30. The number of rotatable bonds is 7. The van der Waals surface area contributed by atoms with Gasteiger partial charge >= 0.3 is 0 Å². The van der Waals surface area contributed by atoms with Crippen LogP contribution in [0.5, 0.6) is 0 Å². The van der Waals surface area contributed by atoms with E-state index in [4.69, 9.17) is 0 Å². The van der Waals surface area contributed by atoms with E-state index in [1.807, 2.05) is 20.8 Å². The Morgan fingerprint density at radius 2 is 1.53 bits per heavy atom. The number of nitrogens with one attached hydrogen (secondary N) is 2. The van der Waals surface area contributed by atoms with Gasteiger partial charge in [0, 0.05) is 17.6 Å². The van der Waals surface area contributed by atoms with Crippen molar-refractivity contribution in [2.75, 3.05) is 21.9 Å². The van der Waals surface area contributed by atoms with Gasteiger partial charge in [-0.1, -0.05) is 12.1 Å². The highest BCUT2D eigenvalue weighted by atomic mass is 32.2. The Labute approximate surface area is 178 Å². The Morgan fingerprint density at radius 1 is 0.933 bits per heavy atom. The van der Waals surface area contributed by atoms with Crippen molar-refractivity contribution in [3.63, 3.8) is 0 Å². The second-order valence-electron chi connectivity index (χ2n) is 7.82. The van der Waals surface area contributed by atoms with Crippen LogP contribution in [-0.4, -0.2) is 38.1 Å². The molecule has 2 aromatic carbocycles. The highest BCUT2D eigenvalue weighted by Crippen LogP contribution is 2.21. The summed E-state index contributed by atoms with van der Waals surface area (Å²) in [6.07, 6.45) is 0. The average Bonchev–Trinajstić information content (AvgIpc) is 2.68. The number of nitrogens with zero attached hydrogens (tertiary/aromatic N) is 1. The van der Waals surface area contributed by atoms with E-state index in [1.165, 1.54) is 4.31 Å². The Hall–Kier alpha value is -2.87.